The number of nitrogens with one attached hydrogen (secondary N) is 1. The zero-order valence-electron chi connectivity index (χ0n) is 15.2. The molecule has 134 valence electrons. The highest BCUT2D eigenvalue weighted by Crippen LogP contribution is 2.31. The van der Waals surface area contributed by atoms with Crippen molar-refractivity contribution in [2.45, 2.75) is 52.0 Å². The van der Waals surface area contributed by atoms with E-state index in [1.54, 1.807) is 23.5 Å². The number of amides is 1. The summed E-state index contributed by atoms with van der Waals surface area (Å²) in [5.74, 6) is 1.05. The van der Waals surface area contributed by atoms with Gasteiger partial charge in [-0.05, 0) is 31.9 Å². The fourth-order valence-corrected chi connectivity index (χ4v) is 3.54. The van der Waals surface area contributed by atoms with Crippen molar-refractivity contribution in [3.05, 3.63) is 41.1 Å². The fourth-order valence-electron chi connectivity index (χ4n) is 3.54. The smallest absolute Gasteiger partial charge is 0.249 e. The van der Waals surface area contributed by atoms with Crippen molar-refractivity contribution in [1.82, 2.24) is 20.1 Å². The minimum absolute atomic E-state index is 0.105. The maximum atomic E-state index is 12.7. The first-order valence-electron chi connectivity index (χ1n) is 8.72. The molecule has 7 heteroatoms. The van der Waals surface area contributed by atoms with Gasteiger partial charge >= 0.3 is 0 Å². The number of carbonyl (C=O) groups is 1. The van der Waals surface area contributed by atoms with Crippen LogP contribution in [0.15, 0.2) is 35.0 Å². The maximum Gasteiger partial charge on any atom is 0.249 e. The highest BCUT2D eigenvalue weighted by molar-refractivity contribution is 5.93. The Bertz CT molecular complexity index is 726. The Labute approximate surface area is 148 Å². The van der Waals surface area contributed by atoms with Gasteiger partial charge in [0.05, 0.1) is 6.21 Å². The summed E-state index contributed by atoms with van der Waals surface area (Å²) in [6.45, 7) is 6.66. The Morgan fingerprint density at radius 2 is 2.16 bits per heavy atom. The van der Waals surface area contributed by atoms with Crippen LogP contribution in [0, 0.1) is 0 Å². The summed E-state index contributed by atoms with van der Waals surface area (Å²) in [7, 11) is 1.81. The van der Waals surface area contributed by atoms with Gasteiger partial charge in [-0.2, -0.15) is 0 Å². The van der Waals surface area contributed by atoms with Crippen molar-refractivity contribution in [2.24, 2.45) is 10.7 Å². The number of rotatable bonds is 4. The van der Waals surface area contributed by atoms with E-state index >= 15 is 0 Å². The molecule has 0 saturated carbocycles. The molecule has 0 fully saturated rings. The Morgan fingerprint density at radius 1 is 1.40 bits per heavy atom. The first-order chi connectivity index (χ1) is 12.0. The van der Waals surface area contributed by atoms with E-state index in [4.69, 9.17) is 5.73 Å². The zero-order valence-corrected chi connectivity index (χ0v) is 15.2. The van der Waals surface area contributed by atoms with Crippen LogP contribution in [0.4, 0.5) is 0 Å². The maximum absolute atomic E-state index is 12.7. The summed E-state index contributed by atoms with van der Waals surface area (Å²) >= 11 is 0. The van der Waals surface area contributed by atoms with E-state index in [1.807, 2.05) is 20.0 Å². The number of likely N-dealkylation sites (N-methyl/N-ethyl adjacent to an activating group) is 1. The monoisotopic (exact) mass is 342 g/mol. The van der Waals surface area contributed by atoms with Crippen LogP contribution < -0.4 is 11.1 Å². The normalized spacial score (nSPS) is 23.2. The number of aromatic nitrogens is 1. The Balaban J connectivity index is 2.02. The van der Waals surface area contributed by atoms with Crippen LogP contribution in [0.1, 0.15) is 44.5 Å². The first kappa shape index (κ1) is 17.4. The highest BCUT2D eigenvalue weighted by Gasteiger charge is 2.40. The number of hydrogen-bond acceptors (Lipinski definition) is 6. The van der Waals surface area contributed by atoms with Crippen LogP contribution in [0.5, 0.6) is 0 Å². The van der Waals surface area contributed by atoms with Gasteiger partial charge in [-0.15, -0.1) is 0 Å². The van der Waals surface area contributed by atoms with Crippen molar-refractivity contribution in [3.8, 4) is 0 Å². The number of pyridine rings is 1. The van der Waals surface area contributed by atoms with Gasteiger partial charge in [0.15, 0.2) is 0 Å². The summed E-state index contributed by atoms with van der Waals surface area (Å²) in [6, 6.07) is 1.96. The van der Waals surface area contributed by atoms with Gasteiger partial charge in [0, 0.05) is 37.6 Å². The molecule has 1 amide bonds. The third-order valence-electron chi connectivity index (χ3n) is 4.83. The number of allylic oxidation sites excluding steroid dienone is 1. The second-order valence-electron chi connectivity index (χ2n) is 6.66. The molecule has 0 bridgehead atoms. The minimum Gasteiger partial charge on any atom is -0.345 e. The van der Waals surface area contributed by atoms with Gasteiger partial charge in [-0.1, -0.05) is 6.92 Å². The van der Waals surface area contributed by atoms with Gasteiger partial charge in [-0.25, -0.2) is 0 Å². The molecular weight excluding hydrogens is 316 g/mol. The lowest BCUT2D eigenvalue weighted by atomic mass is 10.0. The second-order valence-corrected chi connectivity index (χ2v) is 6.66. The third kappa shape index (κ3) is 2.89. The quantitative estimate of drug-likeness (QED) is 0.862. The molecule has 1 aromatic heterocycles. The zero-order chi connectivity index (χ0) is 18.1. The standard InChI is InChI=1S/C18H26N6O/c1-5-14-18(25)23(4)15-10-21-16(22-17(15)24(14)11(2)3)13-6-7-20-9-12(13)8-19/h6-7,9-11,14,16,22H,5,8,19H2,1-4H3/t14?,16-/m0/s1. The van der Waals surface area contributed by atoms with Gasteiger partial charge in [0.2, 0.25) is 5.91 Å². The molecule has 0 aromatic carbocycles. The van der Waals surface area contributed by atoms with E-state index in [2.05, 4.69) is 34.0 Å². The van der Waals surface area contributed by atoms with Gasteiger partial charge in [-0.3, -0.25) is 14.8 Å². The van der Waals surface area contributed by atoms with Crippen LogP contribution in [-0.4, -0.2) is 46.0 Å². The van der Waals surface area contributed by atoms with E-state index < -0.39 is 0 Å². The number of carbonyl (C=O) groups excluding carboxylic acids is 1. The molecule has 0 saturated heterocycles. The Kier molecular flexibility index (Phi) is 4.76. The van der Waals surface area contributed by atoms with E-state index in [0.717, 1.165) is 29.1 Å². The average molecular weight is 342 g/mol. The molecule has 3 N–H and O–H groups in total. The first-order valence-corrected chi connectivity index (χ1v) is 8.72. The molecule has 0 spiro atoms. The summed E-state index contributed by atoms with van der Waals surface area (Å²) in [5.41, 5.74) is 8.64. The lowest BCUT2D eigenvalue weighted by molar-refractivity contribution is -0.136. The van der Waals surface area contributed by atoms with Crippen molar-refractivity contribution in [3.63, 3.8) is 0 Å². The number of aliphatic imine (C=N–C) groups is 1. The van der Waals surface area contributed by atoms with E-state index in [0.29, 0.717) is 6.54 Å². The van der Waals surface area contributed by atoms with Crippen LogP contribution >= 0.6 is 0 Å². The van der Waals surface area contributed by atoms with Crippen LogP contribution in [0.3, 0.4) is 0 Å². The molecule has 0 aliphatic carbocycles. The predicted octanol–water partition coefficient (Wildman–Crippen LogP) is 1.34. The molecule has 2 aliphatic rings. The highest BCUT2D eigenvalue weighted by atomic mass is 16.2. The summed E-state index contributed by atoms with van der Waals surface area (Å²) in [6.07, 6.45) is 5.84. The number of nitrogens with two attached hydrogens (primary N) is 1. The summed E-state index contributed by atoms with van der Waals surface area (Å²) < 4.78 is 0. The van der Waals surface area contributed by atoms with Crippen molar-refractivity contribution >= 4 is 12.1 Å². The average Bonchev–Trinajstić information content (AvgIpc) is 2.63. The molecule has 3 rings (SSSR count). The van der Waals surface area contributed by atoms with Crippen LogP contribution in [-0.2, 0) is 11.3 Å². The fraction of sp³-hybridized carbons (Fsp3) is 0.500. The van der Waals surface area contributed by atoms with Crippen LogP contribution in [0.2, 0.25) is 0 Å². The molecule has 1 unspecified atom stereocenters. The summed E-state index contributed by atoms with van der Waals surface area (Å²) in [5, 5.41) is 3.52. The molecule has 1 aromatic rings. The molecule has 25 heavy (non-hydrogen) atoms. The molecule has 7 nitrogen and oxygen atoms in total. The van der Waals surface area contributed by atoms with Gasteiger partial charge in [0.1, 0.15) is 23.7 Å². The SMILES string of the molecule is CCC1C(=O)N(C)C2=C(N[C@@H](c3ccncc3CN)N=C2)N1C(C)C. The Morgan fingerprint density at radius 3 is 2.80 bits per heavy atom. The molecule has 3 heterocycles. The number of nitrogens with zero attached hydrogens (tertiary/aromatic N) is 4. The van der Waals surface area contributed by atoms with Crippen molar-refractivity contribution < 1.29 is 4.79 Å². The van der Waals surface area contributed by atoms with E-state index in [1.165, 1.54) is 0 Å². The largest absolute Gasteiger partial charge is 0.345 e. The topological polar surface area (TPSA) is 86.8 Å². The minimum atomic E-state index is -0.236. The van der Waals surface area contributed by atoms with E-state index in [9.17, 15) is 4.79 Å². The third-order valence-corrected chi connectivity index (χ3v) is 4.83. The van der Waals surface area contributed by atoms with Crippen molar-refractivity contribution in [1.29, 1.82) is 0 Å². The predicted molar refractivity (Wildman–Crippen MR) is 97.3 cm³/mol. The molecule has 0 radical (unpaired) electrons. The van der Waals surface area contributed by atoms with Gasteiger partial charge in [0.25, 0.3) is 0 Å². The van der Waals surface area contributed by atoms with Gasteiger partial charge < -0.3 is 20.9 Å². The lowest BCUT2D eigenvalue weighted by Crippen LogP contribution is -2.58. The van der Waals surface area contributed by atoms with E-state index in [-0.39, 0.29) is 24.2 Å². The molecule has 2 aliphatic heterocycles. The molecular formula is C18H26N6O. The van der Waals surface area contributed by atoms with Crippen LogP contribution in [0.25, 0.3) is 0 Å². The van der Waals surface area contributed by atoms with Crippen molar-refractivity contribution in [2.75, 3.05) is 7.05 Å². The Hall–Kier alpha value is -2.41. The number of hydrogen-bond donors (Lipinski definition) is 2. The molecule has 2 atom stereocenters. The lowest BCUT2D eigenvalue weighted by Gasteiger charge is -2.46. The summed E-state index contributed by atoms with van der Waals surface area (Å²) in [4.78, 5) is 25.4. The second kappa shape index (κ2) is 6.84.